The topological polar surface area (TPSA) is 26.3 Å². The molecule has 0 bridgehead atoms. The molecule has 0 saturated carbocycles. The van der Waals surface area contributed by atoms with E-state index in [2.05, 4.69) is 0 Å². The van der Waals surface area contributed by atoms with Crippen molar-refractivity contribution in [1.29, 1.82) is 0 Å². The number of carbonyl (C=O) groups excluding carboxylic acids is 1. The lowest BCUT2D eigenvalue weighted by Crippen LogP contribution is -2.10. The second-order valence-corrected chi connectivity index (χ2v) is 5.28. The summed E-state index contributed by atoms with van der Waals surface area (Å²) in [7, 11) is 0. The molecule has 2 heterocycles. The van der Waals surface area contributed by atoms with E-state index in [0.717, 1.165) is 5.39 Å². The summed E-state index contributed by atoms with van der Waals surface area (Å²) in [5.74, 6) is -0.218. The van der Waals surface area contributed by atoms with E-state index in [1.54, 1.807) is 22.7 Å². The molecule has 2 aromatic rings. The molecule has 14 heavy (non-hydrogen) atoms. The highest BCUT2D eigenvalue weighted by atomic mass is 32.2. The fourth-order valence-corrected chi connectivity index (χ4v) is 3.12. The highest BCUT2D eigenvalue weighted by Gasteiger charge is 2.14. The van der Waals surface area contributed by atoms with E-state index in [-0.39, 0.29) is 12.1 Å². The molecule has 0 aliphatic rings. The molecule has 0 spiro atoms. The Hall–Kier alpha value is -0.870. The normalized spacial score (nSPS) is 11.1. The van der Waals surface area contributed by atoms with Crippen LogP contribution < -0.4 is 0 Å². The van der Waals surface area contributed by atoms with Gasteiger partial charge >= 0.3 is 5.97 Å². The molecule has 0 saturated heterocycles. The van der Waals surface area contributed by atoms with Crippen LogP contribution in [0.1, 0.15) is 24.2 Å². The highest BCUT2D eigenvalue weighted by Crippen LogP contribution is 2.31. The predicted molar refractivity (Wildman–Crippen MR) is 60.3 cm³/mol. The van der Waals surface area contributed by atoms with Crippen molar-refractivity contribution in [3.63, 3.8) is 0 Å². The Labute approximate surface area is 90.1 Å². The fraction of sp³-hybridized carbons (Fsp3) is 0.300. The van der Waals surface area contributed by atoms with Gasteiger partial charge in [0, 0.05) is 10.8 Å². The Morgan fingerprint density at radius 2 is 2.21 bits per heavy atom. The minimum Gasteiger partial charge on any atom is -0.459 e. The van der Waals surface area contributed by atoms with Crippen LogP contribution in [0, 0.1) is 0 Å². The Morgan fingerprint density at radius 3 is 2.93 bits per heavy atom. The van der Waals surface area contributed by atoms with E-state index in [9.17, 15) is 4.79 Å². The third-order valence-corrected chi connectivity index (χ3v) is 3.84. The number of hydrogen-bond acceptors (Lipinski definition) is 4. The van der Waals surface area contributed by atoms with Gasteiger partial charge in [-0.05, 0) is 25.3 Å². The van der Waals surface area contributed by atoms with Crippen molar-refractivity contribution in [2.75, 3.05) is 0 Å². The molecule has 4 heteroatoms. The standard InChI is InChI=1S/C10H10O2S2/c1-6(2)12-9(11)8-5-14-10-7(8)3-4-13-10/h3-6H,1-2H3. The van der Waals surface area contributed by atoms with Crippen LogP contribution in [0.3, 0.4) is 0 Å². The number of hydrogen-bond donors (Lipinski definition) is 0. The second-order valence-electron chi connectivity index (χ2n) is 3.23. The van der Waals surface area contributed by atoms with Crippen molar-refractivity contribution in [3.05, 3.63) is 22.4 Å². The van der Waals surface area contributed by atoms with Crippen LogP contribution in [0.5, 0.6) is 0 Å². The Morgan fingerprint density at radius 1 is 1.43 bits per heavy atom. The largest absolute Gasteiger partial charge is 0.459 e. The molecule has 0 aliphatic heterocycles. The average molecular weight is 226 g/mol. The maximum atomic E-state index is 11.6. The molecule has 2 aromatic heterocycles. The minimum atomic E-state index is -0.218. The van der Waals surface area contributed by atoms with Crippen LogP contribution in [0.4, 0.5) is 0 Å². The third kappa shape index (κ3) is 1.67. The van der Waals surface area contributed by atoms with Gasteiger partial charge in [-0.1, -0.05) is 0 Å². The molecule has 0 aliphatic carbocycles. The number of carbonyl (C=O) groups is 1. The zero-order valence-electron chi connectivity index (χ0n) is 7.94. The Bertz CT molecular complexity index is 453. The second kappa shape index (κ2) is 3.71. The molecule has 0 aromatic carbocycles. The predicted octanol–water partition coefficient (Wildman–Crippen LogP) is 3.53. The maximum Gasteiger partial charge on any atom is 0.339 e. The smallest absolute Gasteiger partial charge is 0.339 e. The summed E-state index contributed by atoms with van der Waals surface area (Å²) in [4.78, 5) is 11.6. The van der Waals surface area contributed by atoms with Crippen molar-refractivity contribution in [2.24, 2.45) is 0 Å². The Balaban J connectivity index is 2.34. The van der Waals surface area contributed by atoms with Crippen molar-refractivity contribution in [1.82, 2.24) is 0 Å². The summed E-state index contributed by atoms with van der Waals surface area (Å²) < 4.78 is 6.33. The molecule has 2 rings (SSSR count). The summed E-state index contributed by atoms with van der Waals surface area (Å²) >= 11 is 3.25. The van der Waals surface area contributed by atoms with E-state index in [1.807, 2.05) is 30.7 Å². The molecule has 0 fully saturated rings. The van der Waals surface area contributed by atoms with Crippen molar-refractivity contribution < 1.29 is 9.53 Å². The molecule has 0 amide bonds. The number of esters is 1. The number of thiophene rings is 2. The lowest BCUT2D eigenvalue weighted by Gasteiger charge is -2.05. The molecule has 0 radical (unpaired) electrons. The molecule has 74 valence electrons. The van der Waals surface area contributed by atoms with Crippen molar-refractivity contribution in [3.8, 4) is 0 Å². The van der Waals surface area contributed by atoms with Crippen LogP contribution in [-0.4, -0.2) is 12.1 Å². The van der Waals surface area contributed by atoms with Crippen LogP contribution in [-0.2, 0) is 4.74 Å². The molecule has 2 nitrogen and oxygen atoms in total. The van der Waals surface area contributed by atoms with Gasteiger partial charge < -0.3 is 4.74 Å². The fourth-order valence-electron chi connectivity index (χ4n) is 1.20. The number of fused-ring (bicyclic) bond motifs is 1. The minimum absolute atomic E-state index is 0.0592. The molecule has 0 atom stereocenters. The quantitative estimate of drug-likeness (QED) is 0.732. The van der Waals surface area contributed by atoms with Crippen LogP contribution >= 0.6 is 22.7 Å². The van der Waals surface area contributed by atoms with E-state index >= 15 is 0 Å². The van der Waals surface area contributed by atoms with Gasteiger partial charge in [0.2, 0.25) is 0 Å². The zero-order valence-corrected chi connectivity index (χ0v) is 9.58. The summed E-state index contributed by atoms with van der Waals surface area (Å²) in [6.07, 6.45) is -0.0592. The van der Waals surface area contributed by atoms with Crippen molar-refractivity contribution in [2.45, 2.75) is 20.0 Å². The summed E-state index contributed by atoms with van der Waals surface area (Å²) in [6.45, 7) is 3.71. The van der Waals surface area contributed by atoms with Gasteiger partial charge in [0.1, 0.15) is 0 Å². The van der Waals surface area contributed by atoms with Gasteiger partial charge in [-0.25, -0.2) is 4.79 Å². The van der Waals surface area contributed by atoms with Gasteiger partial charge in [0.25, 0.3) is 0 Å². The summed E-state index contributed by atoms with van der Waals surface area (Å²) in [6, 6.07) is 1.97. The first-order chi connectivity index (χ1) is 6.68. The first-order valence-electron chi connectivity index (χ1n) is 4.34. The Kier molecular flexibility index (Phi) is 2.56. The van der Waals surface area contributed by atoms with Crippen molar-refractivity contribution >= 4 is 38.0 Å². The first-order valence-corrected chi connectivity index (χ1v) is 6.10. The monoisotopic (exact) mass is 226 g/mol. The van der Waals surface area contributed by atoms with Gasteiger partial charge in [0.15, 0.2) is 0 Å². The third-order valence-electron chi connectivity index (χ3n) is 1.77. The lowest BCUT2D eigenvalue weighted by atomic mass is 10.2. The number of ether oxygens (including phenoxy) is 1. The zero-order chi connectivity index (χ0) is 10.1. The summed E-state index contributed by atoms with van der Waals surface area (Å²) in [5, 5.41) is 4.88. The van der Waals surface area contributed by atoms with E-state index < -0.39 is 0 Å². The number of rotatable bonds is 2. The van der Waals surface area contributed by atoms with E-state index in [4.69, 9.17) is 4.74 Å². The van der Waals surface area contributed by atoms with E-state index in [1.165, 1.54) is 4.01 Å². The molecule has 0 N–H and O–H groups in total. The van der Waals surface area contributed by atoms with E-state index in [0.29, 0.717) is 5.56 Å². The SMILES string of the molecule is CC(C)OC(=O)c1csc2sccc12. The van der Waals surface area contributed by atoms with Crippen LogP contribution in [0.25, 0.3) is 9.40 Å². The maximum absolute atomic E-state index is 11.6. The van der Waals surface area contributed by atoms with Crippen LogP contribution in [0.2, 0.25) is 0 Å². The average Bonchev–Trinajstić information content (AvgIpc) is 2.59. The lowest BCUT2D eigenvalue weighted by molar-refractivity contribution is 0.0381. The molecular formula is C10H10O2S2. The van der Waals surface area contributed by atoms with Gasteiger partial charge in [-0.2, -0.15) is 0 Å². The summed E-state index contributed by atoms with van der Waals surface area (Å²) in [5.41, 5.74) is 0.694. The van der Waals surface area contributed by atoms with Crippen LogP contribution in [0.15, 0.2) is 16.8 Å². The molecular weight excluding hydrogens is 216 g/mol. The first kappa shape index (κ1) is 9.68. The van der Waals surface area contributed by atoms with Gasteiger partial charge in [-0.3, -0.25) is 0 Å². The van der Waals surface area contributed by atoms with Gasteiger partial charge in [-0.15, -0.1) is 22.7 Å². The highest BCUT2D eigenvalue weighted by molar-refractivity contribution is 7.37. The molecule has 0 unspecified atom stereocenters. The van der Waals surface area contributed by atoms with Gasteiger partial charge in [0.05, 0.1) is 15.7 Å².